The summed E-state index contributed by atoms with van der Waals surface area (Å²) in [5.74, 6) is 1.45. The Labute approximate surface area is 179 Å². The highest BCUT2D eigenvalue weighted by atomic mass is 16.6. The summed E-state index contributed by atoms with van der Waals surface area (Å²) in [6, 6.07) is 13.9. The highest BCUT2D eigenvalue weighted by Gasteiger charge is 2.47. The summed E-state index contributed by atoms with van der Waals surface area (Å²) in [6.07, 6.45) is 1.49. The number of nitrogens with zero attached hydrogens (tertiary/aromatic N) is 3. The number of carbonyl (C=O) groups excluding carboxylic acids is 1. The Hall–Kier alpha value is -3.61. The number of anilines is 1. The molecule has 2 aromatic carbocycles. The molecule has 1 saturated heterocycles. The van der Waals surface area contributed by atoms with Crippen LogP contribution in [0.4, 0.5) is 5.95 Å². The number of aryl methyl sites for hydroxylation is 2. The second-order valence-corrected chi connectivity index (χ2v) is 8.41. The lowest BCUT2D eigenvalue weighted by molar-refractivity contribution is -0.0211. The molecule has 1 N–H and O–H groups in total. The van der Waals surface area contributed by atoms with Crippen LogP contribution in [0.25, 0.3) is 22.2 Å². The van der Waals surface area contributed by atoms with Gasteiger partial charge in [-0.3, -0.25) is 0 Å². The molecule has 2 aromatic heterocycles. The van der Waals surface area contributed by atoms with Crippen molar-refractivity contribution in [3.05, 3.63) is 65.0 Å². The Morgan fingerprint density at radius 2 is 1.90 bits per heavy atom. The van der Waals surface area contributed by atoms with Gasteiger partial charge in [0.1, 0.15) is 11.4 Å². The first kappa shape index (κ1) is 18.2. The predicted octanol–water partition coefficient (Wildman–Crippen LogP) is 4.50. The molecule has 0 saturated carbocycles. The first-order chi connectivity index (χ1) is 15.0. The maximum Gasteiger partial charge on any atom is 0.339 e. The number of imidazole rings is 1. The number of H-pyrrole nitrogens is 1. The minimum Gasteiger partial charge on any atom is -0.450 e. The molecule has 2 aliphatic rings. The van der Waals surface area contributed by atoms with Gasteiger partial charge in [0.05, 0.1) is 22.3 Å². The fraction of sp³-hybridized carbons (Fsp3) is 0.292. The standard InChI is InChI=1S/C24H22N4O3/c1-14-21(15(2)31-27-14)16-7-8-19-20(13-16)26-23(25-19)28-11-9-24(10-12-28)18-6-4-3-5-17(18)22(29)30-24/h3-8,13H,9-12H2,1-2H3,(H,25,26). The van der Waals surface area contributed by atoms with Gasteiger partial charge in [0.2, 0.25) is 5.95 Å². The lowest BCUT2D eigenvalue weighted by Gasteiger charge is -2.38. The number of aromatic nitrogens is 3. The molecule has 1 fully saturated rings. The minimum atomic E-state index is -0.507. The van der Waals surface area contributed by atoms with Crippen LogP contribution in [0, 0.1) is 13.8 Å². The SMILES string of the molecule is Cc1noc(C)c1-c1ccc2nc(N3CCC4(CC3)OC(=O)c3ccccc34)[nH]c2c1. The van der Waals surface area contributed by atoms with Crippen LogP contribution in [0.2, 0.25) is 0 Å². The van der Waals surface area contributed by atoms with E-state index in [9.17, 15) is 4.79 Å². The van der Waals surface area contributed by atoms with Gasteiger partial charge in [0.15, 0.2) is 0 Å². The molecule has 31 heavy (non-hydrogen) atoms. The molecule has 0 radical (unpaired) electrons. The number of esters is 1. The van der Waals surface area contributed by atoms with Crippen LogP contribution >= 0.6 is 0 Å². The monoisotopic (exact) mass is 414 g/mol. The van der Waals surface area contributed by atoms with E-state index in [1.807, 2.05) is 44.2 Å². The van der Waals surface area contributed by atoms with Gasteiger partial charge in [-0.2, -0.15) is 0 Å². The average Bonchev–Trinajstić information content (AvgIpc) is 3.43. The molecular formula is C24H22N4O3. The van der Waals surface area contributed by atoms with Crippen molar-refractivity contribution in [2.75, 3.05) is 18.0 Å². The van der Waals surface area contributed by atoms with Gasteiger partial charge in [0.25, 0.3) is 0 Å². The summed E-state index contributed by atoms with van der Waals surface area (Å²) in [5.41, 5.74) is 6.08. The number of carbonyl (C=O) groups is 1. The van der Waals surface area contributed by atoms with E-state index in [2.05, 4.69) is 27.2 Å². The van der Waals surface area contributed by atoms with E-state index in [0.29, 0.717) is 5.56 Å². The van der Waals surface area contributed by atoms with Gasteiger partial charge in [-0.1, -0.05) is 29.4 Å². The average molecular weight is 414 g/mol. The zero-order chi connectivity index (χ0) is 21.2. The molecule has 2 aliphatic heterocycles. The highest BCUT2D eigenvalue weighted by molar-refractivity contribution is 5.94. The quantitative estimate of drug-likeness (QED) is 0.486. The van der Waals surface area contributed by atoms with Gasteiger partial charge >= 0.3 is 5.97 Å². The van der Waals surface area contributed by atoms with Gasteiger partial charge in [-0.15, -0.1) is 0 Å². The smallest absolute Gasteiger partial charge is 0.339 e. The molecular weight excluding hydrogens is 392 g/mol. The zero-order valence-electron chi connectivity index (χ0n) is 17.4. The number of rotatable bonds is 2. The molecule has 7 nitrogen and oxygen atoms in total. The maximum atomic E-state index is 12.3. The van der Waals surface area contributed by atoms with E-state index >= 15 is 0 Å². The molecule has 4 heterocycles. The van der Waals surface area contributed by atoms with Crippen molar-refractivity contribution in [3.8, 4) is 11.1 Å². The highest BCUT2D eigenvalue weighted by Crippen LogP contribution is 2.44. The minimum absolute atomic E-state index is 0.209. The van der Waals surface area contributed by atoms with Gasteiger partial charge in [-0.05, 0) is 37.6 Å². The van der Waals surface area contributed by atoms with Crippen LogP contribution in [0.3, 0.4) is 0 Å². The first-order valence-electron chi connectivity index (χ1n) is 10.5. The largest absolute Gasteiger partial charge is 0.450 e. The van der Waals surface area contributed by atoms with Gasteiger partial charge in [-0.25, -0.2) is 9.78 Å². The third-order valence-electron chi connectivity index (χ3n) is 6.59. The molecule has 156 valence electrons. The number of benzene rings is 2. The van der Waals surface area contributed by atoms with Crippen molar-refractivity contribution in [3.63, 3.8) is 0 Å². The number of hydrogen-bond donors (Lipinski definition) is 1. The summed E-state index contributed by atoms with van der Waals surface area (Å²) in [5, 5.41) is 4.06. The molecule has 0 atom stereocenters. The Kier molecular flexibility index (Phi) is 3.78. The molecule has 6 rings (SSSR count). The van der Waals surface area contributed by atoms with E-state index in [1.54, 1.807) is 0 Å². The molecule has 1 spiro atoms. The Bertz CT molecular complexity index is 1310. The molecule has 0 bridgehead atoms. The molecule has 0 unspecified atom stereocenters. The van der Waals surface area contributed by atoms with E-state index in [1.165, 1.54) is 0 Å². The second-order valence-electron chi connectivity index (χ2n) is 8.41. The van der Waals surface area contributed by atoms with Crippen LogP contribution in [0.5, 0.6) is 0 Å². The van der Waals surface area contributed by atoms with Gasteiger partial charge in [0, 0.05) is 37.1 Å². The molecule has 4 aromatic rings. The molecule has 0 amide bonds. The number of ether oxygens (including phenoxy) is 1. The first-order valence-corrected chi connectivity index (χ1v) is 10.5. The normalized spacial score (nSPS) is 17.4. The summed E-state index contributed by atoms with van der Waals surface area (Å²) in [4.78, 5) is 22.8. The summed E-state index contributed by atoms with van der Waals surface area (Å²) in [6.45, 7) is 5.40. The van der Waals surface area contributed by atoms with Crippen molar-refractivity contribution in [1.82, 2.24) is 15.1 Å². The molecule has 0 aliphatic carbocycles. The fourth-order valence-corrected chi connectivity index (χ4v) is 4.99. The Morgan fingerprint density at radius 1 is 1.10 bits per heavy atom. The van der Waals surface area contributed by atoms with Crippen LogP contribution in [-0.4, -0.2) is 34.2 Å². The number of nitrogens with one attached hydrogen (secondary N) is 1. The van der Waals surface area contributed by atoms with E-state index in [4.69, 9.17) is 14.2 Å². The van der Waals surface area contributed by atoms with Crippen molar-refractivity contribution < 1.29 is 14.1 Å². The van der Waals surface area contributed by atoms with Crippen molar-refractivity contribution >= 4 is 23.0 Å². The fourth-order valence-electron chi connectivity index (χ4n) is 4.99. The summed E-state index contributed by atoms with van der Waals surface area (Å²) < 4.78 is 11.2. The van der Waals surface area contributed by atoms with Crippen LogP contribution in [0.15, 0.2) is 47.0 Å². The topological polar surface area (TPSA) is 84.2 Å². The Balaban J connectivity index is 1.27. The van der Waals surface area contributed by atoms with Crippen LogP contribution < -0.4 is 4.90 Å². The van der Waals surface area contributed by atoms with E-state index in [0.717, 1.165) is 71.1 Å². The lowest BCUT2D eigenvalue weighted by Crippen LogP contribution is -2.43. The van der Waals surface area contributed by atoms with Crippen LogP contribution in [-0.2, 0) is 10.3 Å². The predicted molar refractivity (Wildman–Crippen MR) is 116 cm³/mol. The molecule has 7 heteroatoms. The van der Waals surface area contributed by atoms with Gasteiger partial charge < -0.3 is 19.1 Å². The zero-order valence-corrected chi connectivity index (χ0v) is 17.4. The van der Waals surface area contributed by atoms with Crippen molar-refractivity contribution in [2.45, 2.75) is 32.3 Å². The number of hydrogen-bond acceptors (Lipinski definition) is 6. The summed E-state index contributed by atoms with van der Waals surface area (Å²) in [7, 11) is 0. The maximum absolute atomic E-state index is 12.3. The summed E-state index contributed by atoms with van der Waals surface area (Å²) >= 11 is 0. The third-order valence-corrected chi connectivity index (χ3v) is 6.59. The van der Waals surface area contributed by atoms with E-state index in [-0.39, 0.29) is 5.97 Å². The second kappa shape index (κ2) is 6.44. The van der Waals surface area contributed by atoms with Crippen molar-refractivity contribution in [1.29, 1.82) is 0 Å². The van der Waals surface area contributed by atoms with E-state index < -0.39 is 5.60 Å². The van der Waals surface area contributed by atoms with Crippen LogP contribution in [0.1, 0.15) is 40.2 Å². The number of piperidine rings is 1. The lowest BCUT2D eigenvalue weighted by atomic mass is 9.84. The number of fused-ring (bicyclic) bond motifs is 3. The third kappa shape index (κ3) is 2.69. The Morgan fingerprint density at radius 3 is 2.68 bits per heavy atom. The number of aromatic amines is 1. The van der Waals surface area contributed by atoms with Crippen molar-refractivity contribution in [2.24, 2.45) is 0 Å².